The van der Waals surface area contributed by atoms with Gasteiger partial charge in [0.15, 0.2) is 0 Å². The van der Waals surface area contributed by atoms with Gasteiger partial charge in [0.25, 0.3) is 0 Å². The van der Waals surface area contributed by atoms with E-state index in [1.807, 2.05) is 0 Å². The summed E-state index contributed by atoms with van der Waals surface area (Å²) in [6, 6.07) is 5.66. The Morgan fingerprint density at radius 1 is 1.10 bits per heavy atom. The van der Waals surface area contributed by atoms with Gasteiger partial charge in [-0.05, 0) is 31.0 Å². The van der Waals surface area contributed by atoms with Gasteiger partial charge >= 0.3 is 6.18 Å². The van der Waals surface area contributed by atoms with Gasteiger partial charge in [0.1, 0.15) is 0 Å². The fraction of sp³-hybridized carbons (Fsp3) is 0.600. The number of hydrogen-bond acceptors (Lipinski definition) is 2. The third-order valence-electron chi connectivity index (χ3n) is 2.92. The number of ether oxygens (including phenoxy) is 1. The van der Waals surface area contributed by atoms with Crippen molar-refractivity contribution in [3.8, 4) is 0 Å². The van der Waals surface area contributed by atoms with E-state index in [1.54, 1.807) is 6.07 Å². The van der Waals surface area contributed by atoms with Crippen LogP contribution in [0.3, 0.4) is 0 Å². The highest BCUT2D eigenvalue weighted by Gasteiger charge is 2.32. The van der Waals surface area contributed by atoms with E-state index in [0.29, 0.717) is 13.2 Å². The molecule has 0 bridgehead atoms. The monoisotopic (exact) mass is 289 g/mol. The van der Waals surface area contributed by atoms with Crippen molar-refractivity contribution in [3.63, 3.8) is 0 Å². The topological polar surface area (TPSA) is 21.3 Å². The van der Waals surface area contributed by atoms with Crippen molar-refractivity contribution in [2.75, 3.05) is 19.8 Å². The molecular weight excluding hydrogens is 267 g/mol. The minimum absolute atomic E-state index is 0.227. The molecule has 0 heterocycles. The average Bonchev–Trinajstić information content (AvgIpc) is 2.41. The summed E-state index contributed by atoms with van der Waals surface area (Å²) in [6.07, 6.45) is -1.34. The van der Waals surface area contributed by atoms with Gasteiger partial charge in [0, 0.05) is 19.8 Å². The summed E-state index contributed by atoms with van der Waals surface area (Å²) in [4.78, 5) is 0. The lowest BCUT2D eigenvalue weighted by Gasteiger charge is -2.13. The van der Waals surface area contributed by atoms with Crippen molar-refractivity contribution in [2.24, 2.45) is 0 Å². The second-order valence-corrected chi connectivity index (χ2v) is 4.65. The molecule has 0 unspecified atom stereocenters. The molecule has 1 N–H and O–H groups in total. The number of alkyl halides is 3. The Morgan fingerprint density at radius 2 is 1.80 bits per heavy atom. The van der Waals surface area contributed by atoms with Crippen LogP contribution >= 0.6 is 0 Å². The van der Waals surface area contributed by atoms with Crippen molar-refractivity contribution >= 4 is 0 Å². The van der Waals surface area contributed by atoms with Gasteiger partial charge in [0.05, 0.1) is 5.56 Å². The lowest BCUT2D eigenvalue weighted by Crippen LogP contribution is -2.19. The molecule has 0 fully saturated rings. The maximum Gasteiger partial charge on any atom is 0.416 e. The van der Waals surface area contributed by atoms with Crippen molar-refractivity contribution in [3.05, 3.63) is 35.4 Å². The van der Waals surface area contributed by atoms with Crippen molar-refractivity contribution in [2.45, 2.75) is 38.9 Å². The lowest BCUT2D eigenvalue weighted by atomic mass is 10.1. The Bertz CT molecular complexity index is 380. The van der Waals surface area contributed by atoms with Crippen LogP contribution in [-0.4, -0.2) is 19.8 Å². The molecule has 1 rings (SSSR count). The number of benzene rings is 1. The van der Waals surface area contributed by atoms with E-state index in [9.17, 15) is 13.2 Å². The minimum Gasteiger partial charge on any atom is -0.381 e. The molecule has 0 saturated carbocycles. The normalized spacial score (nSPS) is 11.8. The zero-order valence-corrected chi connectivity index (χ0v) is 11.8. The molecule has 0 atom stereocenters. The number of nitrogens with one attached hydrogen (secondary N) is 1. The zero-order chi connectivity index (χ0) is 14.8. The minimum atomic E-state index is -4.29. The van der Waals surface area contributed by atoms with E-state index in [2.05, 4.69) is 12.2 Å². The van der Waals surface area contributed by atoms with Gasteiger partial charge in [0.2, 0.25) is 0 Å². The highest BCUT2D eigenvalue weighted by molar-refractivity contribution is 5.29. The molecule has 0 amide bonds. The smallest absolute Gasteiger partial charge is 0.381 e. The molecule has 2 nitrogen and oxygen atoms in total. The van der Waals surface area contributed by atoms with Crippen LogP contribution in [0, 0.1) is 0 Å². The molecule has 5 heteroatoms. The number of unbranched alkanes of at least 4 members (excludes halogenated alkanes) is 1. The molecule has 0 aliphatic rings. The van der Waals surface area contributed by atoms with Crippen LogP contribution in [0.4, 0.5) is 13.2 Å². The molecule has 114 valence electrons. The summed E-state index contributed by atoms with van der Waals surface area (Å²) >= 11 is 0. The van der Waals surface area contributed by atoms with Gasteiger partial charge in [-0.25, -0.2) is 0 Å². The molecular formula is C15H22F3NO. The largest absolute Gasteiger partial charge is 0.416 e. The zero-order valence-electron chi connectivity index (χ0n) is 11.8. The van der Waals surface area contributed by atoms with E-state index in [1.165, 1.54) is 12.1 Å². The first-order chi connectivity index (χ1) is 9.55. The predicted octanol–water partition coefficient (Wildman–Crippen LogP) is 4.00. The van der Waals surface area contributed by atoms with Crippen LogP contribution in [0.5, 0.6) is 0 Å². The molecule has 0 spiro atoms. The Kier molecular flexibility index (Phi) is 7.62. The van der Waals surface area contributed by atoms with Crippen LogP contribution in [-0.2, 0) is 17.5 Å². The third-order valence-corrected chi connectivity index (χ3v) is 2.92. The van der Waals surface area contributed by atoms with Gasteiger partial charge in [-0.2, -0.15) is 13.2 Å². The highest BCUT2D eigenvalue weighted by atomic mass is 19.4. The Labute approximate surface area is 118 Å². The molecule has 1 aromatic carbocycles. The van der Waals surface area contributed by atoms with Crippen LogP contribution in [0.15, 0.2) is 24.3 Å². The number of halogens is 3. The first kappa shape index (κ1) is 17.0. The number of hydrogen-bond donors (Lipinski definition) is 1. The molecule has 0 aromatic heterocycles. The number of rotatable bonds is 9. The summed E-state index contributed by atoms with van der Waals surface area (Å²) in [5.41, 5.74) is -0.279. The summed E-state index contributed by atoms with van der Waals surface area (Å²) in [5, 5.41) is 3.03. The summed E-state index contributed by atoms with van der Waals surface area (Å²) in [5.74, 6) is 0. The third kappa shape index (κ3) is 6.39. The predicted molar refractivity (Wildman–Crippen MR) is 73.5 cm³/mol. The molecule has 20 heavy (non-hydrogen) atoms. The standard InChI is InChI=1S/C15H22F3NO/c1-2-3-10-20-11-6-9-19-12-13-7-4-5-8-14(13)15(16,17)18/h4-5,7-8,19H,2-3,6,9-12H2,1H3. The SMILES string of the molecule is CCCCOCCCNCc1ccccc1C(F)(F)F. The van der Waals surface area contributed by atoms with Crippen LogP contribution in [0.1, 0.15) is 37.3 Å². The van der Waals surface area contributed by atoms with E-state index < -0.39 is 11.7 Å². The Balaban J connectivity index is 2.26. The Hall–Kier alpha value is -1.07. The second-order valence-electron chi connectivity index (χ2n) is 4.65. The highest BCUT2D eigenvalue weighted by Crippen LogP contribution is 2.31. The van der Waals surface area contributed by atoms with Gasteiger partial charge in [-0.3, -0.25) is 0 Å². The molecule has 1 aromatic rings. The maximum atomic E-state index is 12.7. The summed E-state index contributed by atoms with van der Waals surface area (Å²) in [7, 11) is 0. The van der Waals surface area contributed by atoms with E-state index in [-0.39, 0.29) is 12.1 Å². The fourth-order valence-electron chi connectivity index (χ4n) is 1.82. The van der Waals surface area contributed by atoms with Crippen LogP contribution in [0.2, 0.25) is 0 Å². The lowest BCUT2D eigenvalue weighted by molar-refractivity contribution is -0.138. The van der Waals surface area contributed by atoms with Crippen molar-refractivity contribution < 1.29 is 17.9 Å². The van der Waals surface area contributed by atoms with Gasteiger partial charge in [-0.1, -0.05) is 31.5 Å². The maximum absolute atomic E-state index is 12.7. The van der Waals surface area contributed by atoms with Crippen LogP contribution < -0.4 is 5.32 Å². The average molecular weight is 289 g/mol. The van der Waals surface area contributed by atoms with Crippen LogP contribution in [0.25, 0.3) is 0 Å². The quantitative estimate of drug-likeness (QED) is 0.694. The van der Waals surface area contributed by atoms with Crippen molar-refractivity contribution in [1.82, 2.24) is 5.32 Å². The van der Waals surface area contributed by atoms with E-state index in [0.717, 1.165) is 31.9 Å². The molecule has 0 saturated heterocycles. The van der Waals surface area contributed by atoms with E-state index >= 15 is 0 Å². The van der Waals surface area contributed by atoms with Crippen molar-refractivity contribution in [1.29, 1.82) is 0 Å². The fourth-order valence-corrected chi connectivity index (χ4v) is 1.82. The molecule has 0 aliphatic carbocycles. The van der Waals surface area contributed by atoms with E-state index in [4.69, 9.17) is 4.74 Å². The summed E-state index contributed by atoms with van der Waals surface area (Å²) < 4.78 is 43.6. The second kappa shape index (κ2) is 8.97. The first-order valence-electron chi connectivity index (χ1n) is 6.99. The molecule has 0 radical (unpaired) electrons. The Morgan fingerprint density at radius 3 is 2.50 bits per heavy atom. The van der Waals surface area contributed by atoms with Gasteiger partial charge < -0.3 is 10.1 Å². The van der Waals surface area contributed by atoms with Gasteiger partial charge in [-0.15, -0.1) is 0 Å². The summed E-state index contributed by atoms with van der Waals surface area (Å²) in [6.45, 7) is 4.38. The first-order valence-corrected chi connectivity index (χ1v) is 6.99. The molecule has 0 aliphatic heterocycles.